The van der Waals surface area contributed by atoms with Gasteiger partial charge in [-0.1, -0.05) is 38.8 Å². The first-order valence-corrected chi connectivity index (χ1v) is 7.93. The van der Waals surface area contributed by atoms with Crippen LogP contribution in [0.15, 0.2) is 18.2 Å². The zero-order chi connectivity index (χ0) is 15.9. The Morgan fingerprint density at radius 2 is 1.50 bits per heavy atom. The molecule has 3 heteroatoms. The molecular formula is C19H19F3. The van der Waals surface area contributed by atoms with Crippen molar-refractivity contribution in [3.63, 3.8) is 0 Å². The fraction of sp³-hybridized carbons (Fsp3) is 0.368. The van der Waals surface area contributed by atoms with Crippen LogP contribution in [0.25, 0.3) is 22.3 Å². The fourth-order valence-corrected chi connectivity index (χ4v) is 3.18. The monoisotopic (exact) mass is 304 g/mol. The van der Waals surface area contributed by atoms with Gasteiger partial charge in [0.1, 0.15) is 5.82 Å². The van der Waals surface area contributed by atoms with E-state index in [-0.39, 0.29) is 11.1 Å². The number of halogens is 3. The molecule has 0 heterocycles. The summed E-state index contributed by atoms with van der Waals surface area (Å²) in [5, 5.41) is 0. The molecule has 0 aromatic heterocycles. The second kappa shape index (κ2) is 5.79. The lowest BCUT2D eigenvalue weighted by Crippen LogP contribution is -2.10. The standard InChI is InChI=1S/C19H19F3/c1-3-5-6-7-12-10-14-13-9-8-11(4-2)17(20)15(13)16(14)19(22)18(12)21/h8-10H,3-7H2,1-2H3. The Morgan fingerprint density at radius 1 is 0.773 bits per heavy atom. The van der Waals surface area contributed by atoms with Gasteiger partial charge in [-0.3, -0.25) is 0 Å². The number of rotatable bonds is 5. The number of fused-ring (bicyclic) bond motifs is 4. The van der Waals surface area contributed by atoms with Crippen LogP contribution in [0.4, 0.5) is 13.2 Å². The van der Waals surface area contributed by atoms with Gasteiger partial charge in [0.25, 0.3) is 0 Å². The average molecular weight is 304 g/mol. The zero-order valence-corrected chi connectivity index (χ0v) is 12.9. The average Bonchev–Trinajstić information content (AvgIpc) is 2.50. The van der Waals surface area contributed by atoms with E-state index in [1.807, 2.05) is 13.0 Å². The van der Waals surface area contributed by atoms with Gasteiger partial charge in [-0.05, 0) is 47.6 Å². The molecule has 2 aromatic rings. The summed E-state index contributed by atoms with van der Waals surface area (Å²) in [7, 11) is 0. The maximum absolute atomic E-state index is 14.4. The number of unbranched alkanes of at least 4 members (excludes halogenated alkanes) is 2. The van der Waals surface area contributed by atoms with Crippen molar-refractivity contribution in [3.8, 4) is 22.3 Å². The second-order valence-electron chi connectivity index (χ2n) is 5.86. The Hall–Kier alpha value is -1.77. The molecule has 0 spiro atoms. The highest BCUT2D eigenvalue weighted by Crippen LogP contribution is 2.51. The van der Waals surface area contributed by atoms with Crippen LogP contribution in [0.2, 0.25) is 0 Å². The lowest BCUT2D eigenvalue weighted by atomic mass is 9.77. The Labute approximate surface area is 129 Å². The molecule has 2 aromatic carbocycles. The number of hydrogen-bond acceptors (Lipinski definition) is 0. The zero-order valence-electron chi connectivity index (χ0n) is 12.9. The number of hydrogen-bond donors (Lipinski definition) is 0. The molecule has 0 amide bonds. The van der Waals surface area contributed by atoms with E-state index in [1.54, 1.807) is 12.1 Å². The molecule has 0 unspecified atom stereocenters. The molecule has 0 radical (unpaired) electrons. The quantitative estimate of drug-likeness (QED) is 0.504. The van der Waals surface area contributed by atoms with Crippen molar-refractivity contribution < 1.29 is 13.2 Å². The van der Waals surface area contributed by atoms with Crippen LogP contribution >= 0.6 is 0 Å². The van der Waals surface area contributed by atoms with Crippen molar-refractivity contribution in [2.45, 2.75) is 46.0 Å². The second-order valence-corrected chi connectivity index (χ2v) is 5.86. The van der Waals surface area contributed by atoms with Gasteiger partial charge in [0.2, 0.25) is 0 Å². The van der Waals surface area contributed by atoms with Gasteiger partial charge in [-0.2, -0.15) is 0 Å². The van der Waals surface area contributed by atoms with Crippen LogP contribution in [-0.2, 0) is 12.8 Å². The maximum atomic E-state index is 14.4. The van der Waals surface area contributed by atoms with E-state index in [0.717, 1.165) is 19.3 Å². The first-order valence-electron chi connectivity index (χ1n) is 7.93. The Morgan fingerprint density at radius 3 is 2.18 bits per heavy atom. The lowest BCUT2D eigenvalue weighted by Gasteiger charge is -2.27. The first kappa shape index (κ1) is 15.1. The van der Waals surface area contributed by atoms with Crippen LogP contribution in [0.3, 0.4) is 0 Å². The summed E-state index contributed by atoms with van der Waals surface area (Å²) in [5.74, 6) is -2.13. The van der Waals surface area contributed by atoms with Gasteiger partial charge in [0.15, 0.2) is 11.6 Å². The van der Waals surface area contributed by atoms with Gasteiger partial charge in [-0.25, -0.2) is 13.2 Å². The SMILES string of the molecule is CCCCCc1cc2c(c(F)c1F)-c1c-2ccc(CC)c1F. The van der Waals surface area contributed by atoms with Gasteiger partial charge < -0.3 is 0 Å². The van der Waals surface area contributed by atoms with E-state index in [0.29, 0.717) is 35.1 Å². The van der Waals surface area contributed by atoms with E-state index >= 15 is 0 Å². The third-order valence-corrected chi connectivity index (χ3v) is 4.47. The highest BCUT2D eigenvalue weighted by atomic mass is 19.2. The maximum Gasteiger partial charge on any atom is 0.167 e. The van der Waals surface area contributed by atoms with E-state index in [1.165, 1.54) is 0 Å². The summed E-state index contributed by atoms with van der Waals surface area (Å²) < 4.78 is 42.9. The first-order chi connectivity index (χ1) is 10.6. The molecule has 22 heavy (non-hydrogen) atoms. The summed E-state index contributed by atoms with van der Waals surface area (Å²) in [6.45, 7) is 3.91. The molecule has 1 aliphatic rings. The van der Waals surface area contributed by atoms with Crippen LogP contribution in [-0.4, -0.2) is 0 Å². The minimum absolute atomic E-state index is 0.111. The molecule has 0 atom stereocenters. The van der Waals surface area contributed by atoms with Crippen molar-refractivity contribution >= 4 is 0 Å². The Bertz CT molecular complexity index is 732. The summed E-state index contributed by atoms with van der Waals surface area (Å²) in [6, 6.07) is 5.23. The lowest BCUT2D eigenvalue weighted by molar-refractivity contribution is 0.497. The molecule has 0 saturated carbocycles. The van der Waals surface area contributed by atoms with Crippen LogP contribution in [0.1, 0.15) is 44.2 Å². The Balaban J connectivity index is 2.04. The minimum Gasteiger partial charge on any atom is -0.206 e. The largest absolute Gasteiger partial charge is 0.206 e. The smallest absolute Gasteiger partial charge is 0.167 e. The molecule has 0 aliphatic heterocycles. The predicted molar refractivity (Wildman–Crippen MR) is 83.4 cm³/mol. The molecule has 0 bridgehead atoms. The van der Waals surface area contributed by atoms with Gasteiger partial charge in [0.05, 0.1) is 0 Å². The third kappa shape index (κ3) is 2.15. The summed E-state index contributed by atoms with van der Waals surface area (Å²) in [5.41, 5.74) is 2.62. The molecular weight excluding hydrogens is 285 g/mol. The highest BCUT2D eigenvalue weighted by Gasteiger charge is 2.33. The molecule has 0 saturated heterocycles. The van der Waals surface area contributed by atoms with Crippen molar-refractivity contribution in [2.24, 2.45) is 0 Å². The van der Waals surface area contributed by atoms with Gasteiger partial charge >= 0.3 is 0 Å². The van der Waals surface area contributed by atoms with Crippen LogP contribution in [0, 0.1) is 17.5 Å². The molecule has 0 nitrogen and oxygen atoms in total. The number of benzene rings is 2. The molecule has 1 aliphatic carbocycles. The fourth-order valence-electron chi connectivity index (χ4n) is 3.18. The predicted octanol–water partition coefficient (Wildman–Crippen LogP) is 6.05. The third-order valence-electron chi connectivity index (χ3n) is 4.47. The topological polar surface area (TPSA) is 0 Å². The summed E-state index contributed by atoms with van der Waals surface area (Å²) in [4.78, 5) is 0. The minimum atomic E-state index is -0.899. The van der Waals surface area contributed by atoms with Gasteiger partial charge in [-0.15, -0.1) is 0 Å². The van der Waals surface area contributed by atoms with Crippen molar-refractivity contribution in [2.75, 3.05) is 0 Å². The van der Waals surface area contributed by atoms with Crippen molar-refractivity contribution in [3.05, 3.63) is 46.8 Å². The van der Waals surface area contributed by atoms with E-state index in [2.05, 4.69) is 6.92 Å². The molecule has 3 rings (SSSR count). The van der Waals surface area contributed by atoms with Crippen LogP contribution in [0.5, 0.6) is 0 Å². The molecule has 0 N–H and O–H groups in total. The van der Waals surface area contributed by atoms with Crippen LogP contribution < -0.4 is 0 Å². The van der Waals surface area contributed by atoms with E-state index in [4.69, 9.17) is 0 Å². The summed E-state index contributed by atoms with van der Waals surface area (Å²) in [6.07, 6.45) is 3.91. The molecule has 0 fully saturated rings. The van der Waals surface area contributed by atoms with Gasteiger partial charge in [0, 0.05) is 11.1 Å². The number of aryl methyl sites for hydroxylation is 2. The molecule has 116 valence electrons. The van der Waals surface area contributed by atoms with E-state index < -0.39 is 17.5 Å². The highest BCUT2D eigenvalue weighted by molar-refractivity contribution is 6.03. The van der Waals surface area contributed by atoms with Crippen molar-refractivity contribution in [1.29, 1.82) is 0 Å². The summed E-state index contributed by atoms with van der Waals surface area (Å²) >= 11 is 0. The normalized spacial score (nSPS) is 11.9. The Kier molecular flexibility index (Phi) is 3.98. The van der Waals surface area contributed by atoms with Crippen molar-refractivity contribution in [1.82, 2.24) is 0 Å². The van der Waals surface area contributed by atoms with E-state index in [9.17, 15) is 13.2 Å².